The molecule has 0 aromatic heterocycles. The Morgan fingerprint density at radius 3 is 1.91 bits per heavy atom. The third-order valence-corrected chi connectivity index (χ3v) is 3.68. The zero-order valence-electron chi connectivity index (χ0n) is 13.6. The van der Waals surface area contributed by atoms with E-state index in [2.05, 4.69) is 29.1 Å². The summed E-state index contributed by atoms with van der Waals surface area (Å²) >= 11 is 0. The molecule has 1 aromatic carbocycles. The third-order valence-electron chi connectivity index (χ3n) is 2.67. The molecule has 6 heteroatoms. The van der Waals surface area contributed by atoms with Crippen LogP contribution in [0.1, 0.15) is 5.56 Å². The Morgan fingerprint density at radius 1 is 1.00 bits per heavy atom. The summed E-state index contributed by atoms with van der Waals surface area (Å²) in [5.74, 6) is -0.700. The number of esters is 2. The summed E-state index contributed by atoms with van der Waals surface area (Å²) in [7, 11) is 1.15. The maximum absolute atomic E-state index is 11.6. The maximum Gasteiger partial charge on any atom is 0.345 e. The first-order chi connectivity index (χ1) is 10.3. The summed E-state index contributed by atoms with van der Waals surface area (Å²) in [5.41, 5.74) is 0.534. The summed E-state index contributed by atoms with van der Waals surface area (Å²) < 4.78 is 14.9. The molecule has 120 valence electrons. The van der Waals surface area contributed by atoms with Gasteiger partial charge in [0.05, 0.1) is 28.5 Å². The third kappa shape index (κ3) is 5.73. The first-order valence-corrected chi connectivity index (χ1v) is 10.6. The molecular formula is C16H22O5Si. The van der Waals surface area contributed by atoms with Gasteiger partial charge in [0, 0.05) is 0 Å². The van der Waals surface area contributed by atoms with Gasteiger partial charge in [0.15, 0.2) is 0 Å². The number of carbonyl (C=O) groups excluding carboxylic acids is 2. The van der Waals surface area contributed by atoms with Crippen molar-refractivity contribution in [3.05, 3.63) is 35.4 Å². The number of benzene rings is 1. The van der Waals surface area contributed by atoms with Gasteiger partial charge in [-0.25, -0.2) is 9.59 Å². The van der Waals surface area contributed by atoms with E-state index in [1.165, 1.54) is 20.3 Å². The monoisotopic (exact) mass is 322 g/mol. The molecule has 0 saturated carbocycles. The molecule has 0 amide bonds. The van der Waals surface area contributed by atoms with Crippen molar-refractivity contribution in [3.8, 4) is 5.75 Å². The number of hydrogen-bond donors (Lipinski definition) is 0. The molecule has 1 rings (SSSR count). The standard InChI is InChI=1S/C16H22O5Si/c1-19-15(17)14(16(18)20-2)10-12-6-8-13(9-7-12)21-11-22(3,4)5/h6-10H,11H2,1-5H3. The van der Waals surface area contributed by atoms with Crippen LogP contribution in [0.2, 0.25) is 19.6 Å². The lowest BCUT2D eigenvalue weighted by Gasteiger charge is -2.16. The summed E-state index contributed by atoms with van der Waals surface area (Å²) in [5, 5.41) is 0. The highest BCUT2D eigenvalue weighted by Crippen LogP contribution is 2.17. The van der Waals surface area contributed by atoms with Crippen LogP contribution in [0.3, 0.4) is 0 Å². The van der Waals surface area contributed by atoms with Gasteiger partial charge in [-0.1, -0.05) is 31.8 Å². The van der Waals surface area contributed by atoms with Gasteiger partial charge in [-0.15, -0.1) is 0 Å². The summed E-state index contributed by atoms with van der Waals surface area (Å²) in [6.45, 7) is 6.68. The number of methoxy groups -OCH3 is 2. The molecule has 0 atom stereocenters. The Morgan fingerprint density at radius 2 is 1.50 bits per heavy atom. The van der Waals surface area contributed by atoms with Crippen LogP contribution in [-0.4, -0.2) is 40.5 Å². The van der Waals surface area contributed by atoms with Gasteiger partial charge in [-0.3, -0.25) is 0 Å². The predicted octanol–water partition coefficient (Wildman–Crippen LogP) is 2.67. The van der Waals surface area contributed by atoms with Crippen LogP contribution in [0.25, 0.3) is 6.08 Å². The molecule has 0 spiro atoms. The van der Waals surface area contributed by atoms with E-state index in [1.807, 2.05) is 0 Å². The summed E-state index contributed by atoms with van der Waals surface area (Å²) in [6.07, 6.45) is 2.16. The average molecular weight is 322 g/mol. The Hall–Kier alpha value is -2.08. The van der Waals surface area contributed by atoms with E-state index in [0.717, 1.165) is 12.0 Å². The topological polar surface area (TPSA) is 61.8 Å². The molecule has 5 nitrogen and oxygen atoms in total. The van der Waals surface area contributed by atoms with Crippen molar-refractivity contribution in [1.29, 1.82) is 0 Å². The fourth-order valence-electron chi connectivity index (χ4n) is 1.55. The summed E-state index contributed by atoms with van der Waals surface area (Å²) in [4.78, 5) is 23.2. The second kappa shape index (κ2) is 7.79. The normalized spacial score (nSPS) is 10.6. The van der Waals surface area contributed by atoms with Crippen LogP contribution < -0.4 is 4.74 Å². The van der Waals surface area contributed by atoms with Gasteiger partial charge in [0.25, 0.3) is 0 Å². The Labute approximate surface area is 131 Å². The van der Waals surface area contributed by atoms with Crippen molar-refractivity contribution in [2.24, 2.45) is 0 Å². The zero-order valence-corrected chi connectivity index (χ0v) is 14.6. The molecule has 0 heterocycles. The molecule has 0 saturated heterocycles. The van der Waals surface area contributed by atoms with Gasteiger partial charge in [-0.2, -0.15) is 0 Å². The lowest BCUT2D eigenvalue weighted by atomic mass is 10.1. The number of carbonyl (C=O) groups is 2. The SMILES string of the molecule is COC(=O)C(=Cc1ccc(OC[Si](C)(C)C)cc1)C(=O)OC. The molecular weight excluding hydrogens is 300 g/mol. The van der Waals surface area contributed by atoms with Crippen LogP contribution in [0.5, 0.6) is 5.75 Å². The van der Waals surface area contributed by atoms with Crippen molar-refractivity contribution >= 4 is 26.1 Å². The molecule has 0 N–H and O–H groups in total. The second-order valence-corrected chi connectivity index (χ2v) is 11.4. The Kier molecular flexibility index (Phi) is 6.36. The van der Waals surface area contributed by atoms with E-state index in [0.29, 0.717) is 5.56 Å². The van der Waals surface area contributed by atoms with Crippen LogP contribution in [0.4, 0.5) is 0 Å². The predicted molar refractivity (Wildman–Crippen MR) is 87.3 cm³/mol. The second-order valence-electron chi connectivity index (χ2n) is 5.96. The van der Waals surface area contributed by atoms with Crippen LogP contribution >= 0.6 is 0 Å². The fourth-order valence-corrected chi connectivity index (χ4v) is 2.15. The van der Waals surface area contributed by atoms with Crippen LogP contribution in [-0.2, 0) is 19.1 Å². The molecule has 22 heavy (non-hydrogen) atoms. The molecule has 0 aliphatic heterocycles. The average Bonchev–Trinajstić information content (AvgIpc) is 2.49. The van der Waals surface area contributed by atoms with Crippen molar-refractivity contribution in [2.75, 3.05) is 20.4 Å². The zero-order chi connectivity index (χ0) is 16.8. The highest BCUT2D eigenvalue weighted by Gasteiger charge is 2.19. The Balaban J connectivity index is 2.90. The van der Waals surface area contributed by atoms with E-state index in [-0.39, 0.29) is 5.57 Å². The van der Waals surface area contributed by atoms with Gasteiger partial charge < -0.3 is 14.2 Å². The maximum atomic E-state index is 11.6. The van der Waals surface area contributed by atoms with Gasteiger partial charge >= 0.3 is 11.9 Å². The van der Waals surface area contributed by atoms with Gasteiger partial charge in [0.2, 0.25) is 0 Å². The molecule has 0 unspecified atom stereocenters. The minimum Gasteiger partial charge on any atom is -0.497 e. The van der Waals surface area contributed by atoms with Crippen LogP contribution in [0.15, 0.2) is 29.8 Å². The van der Waals surface area contributed by atoms with Crippen molar-refractivity contribution in [1.82, 2.24) is 0 Å². The van der Waals surface area contributed by atoms with Crippen molar-refractivity contribution in [3.63, 3.8) is 0 Å². The minimum absolute atomic E-state index is 0.152. The molecule has 1 aromatic rings. The number of ether oxygens (including phenoxy) is 3. The smallest absolute Gasteiger partial charge is 0.345 e. The van der Waals surface area contributed by atoms with E-state index >= 15 is 0 Å². The Bertz CT molecular complexity index is 537. The lowest BCUT2D eigenvalue weighted by molar-refractivity contribution is -0.143. The largest absolute Gasteiger partial charge is 0.497 e. The van der Waals surface area contributed by atoms with E-state index in [1.54, 1.807) is 24.3 Å². The number of rotatable bonds is 6. The van der Waals surface area contributed by atoms with Crippen LogP contribution in [0, 0.1) is 0 Å². The lowest BCUT2D eigenvalue weighted by Crippen LogP contribution is -2.29. The highest BCUT2D eigenvalue weighted by molar-refractivity contribution is 6.76. The molecule has 0 fully saturated rings. The van der Waals surface area contributed by atoms with E-state index in [4.69, 9.17) is 4.74 Å². The molecule has 0 radical (unpaired) electrons. The molecule has 0 aliphatic rings. The molecule has 0 bridgehead atoms. The van der Waals surface area contributed by atoms with Gasteiger partial charge in [0.1, 0.15) is 11.3 Å². The van der Waals surface area contributed by atoms with Crippen molar-refractivity contribution < 1.29 is 23.8 Å². The van der Waals surface area contributed by atoms with E-state index < -0.39 is 20.0 Å². The minimum atomic E-state index is -1.28. The highest BCUT2D eigenvalue weighted by atomic mass is 28.3. The van der Waals surface area contributed by atoms with E-state index in [9.17, 15) is 9.59 Å². The van der Waals surface area contributed by atoms with Crippen molar-refractivity contribution in [2.45, 2.75) is 19.6 Å². The fraction of sp³-hybridized carbons (Fsp3) is 0.375. The summed E-state index contributed by atoms with van der Waals surface area (Å²) in [6, 6.07) is 7.15. The first kappa shape index (κ1) is 18.0. The first-order valence-electron chi connectivity index (χ1n) is 6.88. The van der Waals surface area contributed by atoms with Gasteiger partial charge in [-0.05, 0) is 23.8 Å². The quantitative estimate of drug-likeness (QED) is 0.265. The number of hydrogen-bond acceptors (Lipinski definition) is 5. The molecule has 0 aliphatic carbocycles.